The number of Topliss-reactive ketones (excluding diaryl/α,β-unsaturated/α-hetero) is 1. The van der Waals surface area contributed by atoms with Gasteiger partial charge in [-0.05, 0) is 60.2 Å². The Balaban J connectivity index is 1.33. The molecule has 0 unspecified atom stereocenters. The molecule has 1 saturated carbocycles. The zero-order chi connectivity index (χ0) is 37.7. The van der Waals surface area contributed by atoms with Crippen molar-refractivity contribution in [2.45, 2.75) is 55.5 Å². The Kier molecular flexibility index (Phi) is 8.81. The number of carbonyl (C=O) groups is 1. The van der Waals surface area contributed by atoms with Crippen LogP contribution in [0.3, 0.4) is 0 Å². The Labute approximate surface area is 302 Å². The van der Waals surface area contributed by atoms with Crippen LogP contribution in [0, 0.1) is 17.6 Å². The average Bonchev–Trinajstić information content (AvgIpc) is 3.55. The molecule has 17 heteroatoms. The fraction of sp³-hybridized carbons (Fsp3) is 0.343. The SMILES string of the molecule is Cn1nc(CS(C)(=O)=O)c2c(Cl)ccc(-c3ccc(Cl)nc3[C@@H](CC(=O)Cn3cc(C(F)(F)F)c4c3C(F)(F)[C@@H]3C[C@H]43)Cc3cc(F)cc(F)c3)c21. The van der Waals surface area contributed by atoms with Gasteiger partial charge in [-0.25, -0.2) is 22.2 Å². The second-order valence-electron chi connectivity index (χ2n) is 13.4. The van der Waals surface area contributed by atoms with Gasteiger partial charge in [0.15, 0.2) is 15.6 Å². The molecule has 0 amide bonds. The lowest BCUT2D eigenvalue weighted by Gasteiger charge is -2.22. The number of rotatable bonds is 10. The highest BCUT2D eigenvalue weighted by atomic mass is 35.5. The van der Waals surface area contributed by atoms with E-state index < -0.39 is 92.6 Å². The second-order valence-corrected chi connectivity index (χ2v) is 16.4. The highest BCUT2D eigenvalue weighted by Gasteiger charge is 2.67. The summed E-state index contributed by atoms with van der Waals surface area (Å²) in [6, 6.07) is 8.90. The lowest BCUT2D eigenvalue weighted by molar-refractivity contribution is -0.138. The number of ketones is 1. The first-order chi connectivity index (χ1) is 24.2. The smallest absolute Gasteiger partial charge is 0.338 e. The Bertz CT molecular complexity index is 2390. The molecule has 52 heavy (non-hydrogen) atoms. The van der Waals surface area contributed by atoms with Crippen molar-refractivity contribution in [1.82, 2.24) is 19.3 Å². The molecule has 5 aromatic rings. The van der Waals surface area contributed by atoms with Crippen molar-refractivity contribution in [1.29, 1.82) is 0 Å². The summed E-state index contributed by atoms with van der Waals surface area (Å²) in [5, 5.41) is 4.88. The van der Waals surface area contributed by atoms with Crippen LogP contribution >= 0.6 is 23.2 Å². The van der Waals surface area contributed by atoms with Crippen LogP contribution in [0.2, 0.25) is 10.2 Å². The van der Waals surface area contributed by atoms with Crippen LogP contribution in [0.5, 0.6) is 0 Å². The van der Waals surface area contributed by atoms with E-state index in [0.29, 0.717) is 38.9 Å². The molecule has 3 heterocycles. The fourth-order valence-electron chi connectivity index (χ4n) is 7.58. The second kappa shape index (κ2) is 12.6. The molecule has 2 aliphatic carbocycles. The van der Waals surface area contributed by atoms with Crippen LogP contribution in [0.15, 0.2) is 48.7 Å². The highest BCUT2D eigenvalue weighted by Crippen LogP contribution is 2.69. The number of alkyl halides is 5. The molecular formula is C35H27Cl2F7N4O3S. The Morgan fingerprint density at radius 2 is 1.73 bits per heavy atom. The third-order valence-electron chi connectivity index (χ3n) is 9.57. The molecule has 0 spiro atoms. The molecule has 1 fully saturated rings. The Hall–Kier alpha value is -3.95. The first kappa shape index (κ1) is 36.4. The van der Waals surface area contributed by atoms with Gasteiger partial charge in [0.05, 0.1) is 45.5 Å². The van der Waals surface area contributed by atoms with Gasteiger partial charge in [-0.15, -0.1) is 0 Å². The van der Waals surface area contributed by atoms with Gasteiger partial charge in [-0.3, -0.25) is 9.48 Å². The zero-order valence-electron chi connectivity index (χ0n) is 27.2. The number of sulfone groups is 1. The summed E-state index contributed by atoms with van der Waals surface area (Å²) in [4.78, 5) is 18.3. The van der Waals surface area contributed by atoms with Gasteiger partial charge in [-0.2, -0.15) is 27.1 Å². The number of hydrogen-bond acceptors (Lipinski definition) is 5. The number of fused-ring (bicyclic) bond motifs is 4. The number of carbonyl (C=O) groups excluding carboxylic acids is 1. The van der Waals surface area contributed by atoms with E-state index >= 15 is 8.78 Å². The van der Waals surface area contributed by atoms with E-state index in [9.17, 15) is 35.2 Å². The number of aryl methyl sites for hydroxylation is 1. The van der Waals surface area contributed by atoms with Crippen molar-refractivity contribution in [2.24, 2.45) is 13.0 Å². The van der Waals surface area contributed by atoms with E-state index in [-0.39, 0.29) is 40.0 Å². The van der Waals surface area contributed by atoms with E-state index in [2.05, 4.69) is 10.1 Å². The predicted octanol–water partition coefficient (Wildman–Crippen LogP) is 8.78. The normalized spacial score (nSPS) is 18.4. The number of benzene rings is 2. The summed E-state index contributed by atoms with van der Waals surface area (Å²) in [5.41, 5.74) is -0.942. The summed E-state index contributed by atoms with van der Waals surface area (Å²) in [5.74, 6) is -9.83. The largest absolute Gasteiger partial charge is 0.418 e. The van der Waals surface area contributed by atoms with E-state index in [1.165, 1.54) is 16.8 Å². The molecule has 2 aromatic carbocycles. The van der Waals surface area contributed by atoms with Crippen LogP contribution in [0.4, 0.5) is 30.7 Å². The van der Waals surface area contributed by atoms with Crippen molar-refractivity contribution in [3.05, 3.63) is 104 Å². The minimum atomic E-state index is -4.92. The van der Waals surface area contributed by atoms with Crippen molar-refractivity contribution < 1.29 is 43.9 Å². The third kappa shape index (κ3) is 6.59. The maximum Gasteiger partial charge on any atom is 0.418 e. The molecule has 0 bridgehead atoms. The highest BCUT2D eigenvalue weighted by molar-refractivity contribution is 7.89. The van der Waals surface area contributed by atoms with Gasteiger partial charge in [0.1, 0.15) is 16.8 Å². The standard InChI is InChI=1S/C35H27Cl2F7N4O3S/c1-47-32-22(3-5-26(36)30(32)27(46-47)15-52(2,50)51)21-4-6-28(37)45-31(21)17(7-16-8-18(38)11-19(39)9-16)10-20(49)13-48-14-25(35(42,43)44)29-23-12-24(23)34(40,41)33(29)48/h3-6,8-9,11,14,17,23-24H,7,10,12-13,15H2,1-2H3/t17-,23+,24-/m1/s1. The maximum absolute atomic E-state index is 15.3. The van der Waals surface area contributed by atoms with Gasteiger partial charge in [-0.1, -0.05) is 29.3 Å². The van der Waals surface area contributed by atoms with Crippen LogP contribution in [-0.4, -0.2) is 39.8 Å². The van der Waals surface area contributed by atoms with Gasteiger partial charge >= 0.3 is 6.18 Å². The lowest BCUT2D eigenvalue weighted by Crippen LogP contribution is -2.23. The first-order valence-corrected chi connectivity index (χ1v) is 18.7. The summed E-state index contributed by atoms with van der Waals surface area (Å²) < 4.78 is 128. The maximum atomic E-state index is 15.3. The van der Waals surface area contributed by atoms with Crippen LogP contribution < -0.4 is 0 Å². The fourth-order valence-corrected chi connectivity index (χ4v) is 8.70. The van der Waals surface area contributed by atoms with Crippen LogP contribution in [-0.2, 0) is 52.5 Å². The van der Waals surface area contributed by atoms with Crippen molar-refractivity contribution >= 4 is 49.7 Å². The van der Waals surface area contributed by atoms with E-state index in [1.807, 2.05) is 0 Å². The molecule has 0 aliphatic heterocycles. The first-order valence-electron chi connectivity index (χ1n) is 15.9. The zero-order valence-corrected chi connectivity index (χ0v) is 29.5. The summed E-state index contributed by atoms with van der Waals surface area (Å²) in [7, 11) is -1.98. The predicted molar refractivity (Wildman–Crippen MR) is 179 cm³/mol. The molecule has 3 aromatic heterocycles. The van der Waals surface area contributed by atoms with Crippen molar-refractivity contribution in [2.75, 3.05) is 6.26 Å². The summed E-state index contributed by atoms with van der Waals surface area (Å²) >= 11 is 12.9. The minimum absolute atomic E-state index is 0.0356. The topological polar surface area (TPSA) is 86.8 Å². The Morgan fingerprint density at radius 1 is 1.06 bits per heavy atom. The monoisotopic (exact) mass is 786 g/mol. The lowest BCUT2D eigenvalue weighted by atomic mass is 9.86. The van der Waals surface area contributed by atoms with E-state index in [1.54, 1.807) is 19.2 Å². The van der Waals surface area contributed by atoms with E-state index in [4.69, 9.17) is 23.2 Å². The minimum Gasteiger partial charge on any atom is -0.338 e. The number of aromatic nitrogens is 4. The van der Waals surface area contributed by atoms with Crippen LogP contribution in [0.25, 0.3) is 22.0 Å². The van der Waals surface area contributed by atoms with Crippen LogP contribution in [0.1, 0.15) is 58.4 Å². The number of hydrogen-bond donors (Lipinski definition) is 0. The molecule has 0 saturated heterocycles. The Morgan fingerprint density at radius 3 is 2.38 bits per heavy atom. The molecule has 0 N–H and O–H groups in total. The molecule has 7 nitrogen and oxygen atoms in total. The summed E-state index contributed by atoms with van der Waals surface area (Å²) in [6.07, 6.45) is -4.15. The van der Waals surface area contributed by atoms with Crippen molar-refractivity contribution in [3.63, 3.8) is 0 Å². The number of halogens is 9. The molecule has 274 valence electrons. The third-order valence-corrected chi connectivity index (χ3v) is 10.9. The van der Waals surface area contributed by atoms with Gasteiger partial charge in [0.25, 0.3) is 5.92 Å². The molecule has 2 aliphatic rings. The van der Waals surface area contributed by atoms with Gasteiger partial charge in [0.2, 0.25) is 0 Å². The molecular weight excluding hydrogens is 760 g/mol. The average molecular weight is 788 g/mol. The number of nitrogens with zero attached hydrogens (tertiary/aromatic N) is 4. The number of pyridine rings is 1. The quantitative estimate of drug-likeness (QED) is 0.104. The van der Waals surface area contributed by atoms with Crippen molar-refractivity contribution in [3.8, 4) is 11.1 Å². The van der Waals surface area contributed by atoms with Gasteiger partial charge in [0, 0.05) is 60.3 Å². The molecule has 0 radical (unpaired) electrons. The van der Waals surface area contributed by atoms with E-state index in [0.717, 1.165) is 18.4 Å². The molecule has 7 rings (SSSR count). The van der Waals surface area contributed by atoms with Gasteiger partial charge < -0.3 is 4.57 Å². The summed E-state index contributed by atoms with van der Waals surface area (Å²) in [6.45, 7) is -0.834. The molecule has 3 atom stereocenters.